The highest BCUT2D eigenvalue weighted by atomic mass is 16.5. The highest BCUT2D eigenvalue weighted by Crippen LogP contribution is 2.39. The Balaban J connectivity index is 1.70. The van der Waals surface area contributed by atoms with E-state index in [1.165, 1.54) is 44.1 Å². The summed E-state index contributed by atoms with van der Waals surface area (Å²) in [6, 6.07) is 12.5. The third-order valence-electron chi connectivity index (χ3n) is 5.33. The molecule has 120 valence electrons. The van der Waals surface area contributed by atoms with Crippen molar-refractivity contribution in [3.05, 3.63) is 42.0 Å². The number of methoxy groups -OCH3 is 1. The molecule has 0 aliphatic heterocycles. The molecule has 0 unspecified atom stereocenters. The molecule has 0 bridgehead atoms. The predicted octanol–water partition coefficient (Wildman–Crippen LogP) is 6.11. The summed E-state index contributed by atoms with van der Waals surface area (Å²) in [5.41, 5.74) is 3.17. The van der Waals surface area contributed by atoms with Crippen LogP contribution >= 0.6 is 0 Å². The third-order valence-corrected chi connectivity index (χ3v) is 5.33. The average Bonchev–Trinajstić information content (AvgIpc) is 2.99. The molecule has 1 aliphatic carbocycles. The number of furan rings is 1. The minimum absolute atomic E-state index is 0.894. The van der Waals surface area contributed by atoms with Gasteiger partial charge in [-0.1, -0.05) is 56.4 Å². The first kappa shape index (κ1) is 14.6. The van der Waals surface area contributed by atoms with Gasteiger partial charge in [0.2, 0.25) is 0 Å². The second kappa shape index (κ2) is 6.27. The van der Waals surface area contributed by atoms with Gasteiger partial charge in [0, 0.05) is 5.39 Å². The van der Waals surface area contributed by atoms with Crippen LogP contribution in [0.5, 0.6) is 5.75 Å². The van der Waals surface area contributed by atoms with Gasteiger partial charge >= 0.3 is 0 Å². The standard InChI is InChI=1S/C21H24O2/c1-22-21-16(12-11-15-7-3-2-4-8-15)13-14-19-20(21)17-9-5-6-10-18(17)23-19/h5-6,9-10,13-15H,2-4,7-8,11-12H2,1H3. The van der Waals surface area contributed by atoms with Crippen molar-refractivity contribution in [1.29, 1.82) is 0 Å². The molecule has 23 heavy (non-hydrogen) atoms. The molecule has 4 rings (SSSR count). The smallest absolute Gasteiger partial charge is 0.139 e. The first-order chi connectivity index (χ1) is 11.4. The zero-order valence-corrected chi connectivity index (χ0v) is 13.8. The van der Waals surface area contributed by atoms with E-state index in [1.807, 2.05) is 12.1 Å². The number of hydrogen-bond donors (Lipinski definition) is 0. The van der Waals surface area contributed by atoms with Crippen LogP contribution in [0.4, 0.5) is 0 Å². The van der Waals surface area contributed by atoms with E-state index in [0.29, 0.717) is 0 Å². The van der Waals surface area contributed by atoms with Gasteiger partial charge in [0.1, 0.15) is 16.9 Å². The lowest BCUT2D eigenvalue weighted by molar-refractivity contribution is 0.337. The normalized spacial score (nSPS) is 16.2. The maximum absolute atomic E-state index is 5.96. The largest absolute Gasteiger partial charge is 0.496 e. The molecular weight excluding hydrogens is 284 g/mol. The lowest BCUT2D eigenvalue weighted by atomic mass is 9.85. The summed E-state index contributed by atoms with van der Waals surface area (Å²) in [7, 11) is 1.78. The number of ether oxygens (including phenoxy) is 1. The maximum atomic E-state index is 5.96. The fourth-order valence-corrected chi connectivity index (χ4v) is 4.09. The molecule has 1 aliphatic rings. The second-order valence-electron chi connectivity index (χ2n) is 6.77. The summed E-state index contributed by atoms with van der Waals surface area (Å²) in [6.45, 7) is 0. The van der Waals surface area contributed by atoms with Gasteiger partial charge < -0.3 is 9.15 Å². The predicted molar refractivity (Wildman–Crippen MR) is 95.2 cm³/mol. The Morgan fingerprint density at radius 3 is 2.65 bits per heavy atom. The number of benzene rings is 2. The summed E-state index contributed by atoms with van der Waals surface area (Å²) < 4.78 is 11.8. The van der Waals surface area contributed by atoms with E-state index in [1.54, 1.807) is 7.11 Å². The van der Waals surface area contributed by atoms with Crippen molar-refractivity contribution in [2.75, 3.05) is 7.11 Å². The van der Waals surface area contributed by atoms with Gasteiger partial charge in [-0.15, -0.1) is 0 Å². The van der Waals surface area contributed by atoms with Gasteiger partial charge in [-0.25, -0.2) is 0 Å². The Bertz CT molecular complexity index is 809. The molecule has 2 nitrogen and oxygen atoms in total. The van der Waals surface area contributed by atoms with E-state index < -0.39 is 0 Å². The average molecular weight is 308 g/mol. The molecule has 2 heteroatoms. The molecule has 0 amide bonds. The summed E-state index contributed by atoms with van der Waals surface area (Å²) in [6.07, 6.45) is 9.42. The van der Waals surface area contributed by atoms with Gasteiger partial charge in [0.25, 0.3) is 0 Å². The fraction of sp³-hybridized carbons (Fsp3) is 0.429. The first-order valence-corrected chi connectivity index (χ1v) is 8.84. The Morgan fingerprint density at radius 2 is 1.83 bits per heavy atom. The van der Waals surface area contributed by atoms with Crippen molar-refractivity contribution >= 4 is 21.9 Å². The number of hydrogen-bond acceptors (Lipinski definition) is 2. The lowest BCUT2D eigenvalue weighted by Gasteiger charge is -2.21. The van der Waals surface area contributed by atoms with Crippen LogP contribution in [0.1, 0.15) is 44.1 Å². The van der Waals surface area contributed by atoms with Crippen molar-refractivity contribution in [2.24, 2.45) is 5.92 Å². The minimum atomic E-state index is 0.894. The van der Waals surface area contributed by atoms with Gasteiger partial charge in [0.05, 0.1) is 12.5 Å². The molecular formula is C21H24O2. The van der Waals surface area contributed by atoms with Gasteiger partial charge in [-0.3, -0.25) is 0 Å². The van der Waals surface area contributed by atoms with Crippen LogP contribution in [0.15, 0.2) is 40.8 Å². The first-order valence-electron chi connectivity index (χ1n) is 8.84. The highest BCUT2D eigenvalue weighted by molar-refractivity contribution is 6.08. The number of para-hydroxylation sites is 1. The molecule has 0 spiro atoms. The molecule has 1 aromatic heterocycles. The lowest BCUT2D eigenvalue weighted by Crippen LogP contribution is -2.07. The van der Waals surface area contributed by atoms with E-state index >= 15 is 0 Å². The zero-order chi connectivity index (χ0) is 15.6. The van der Waals surface area contributed by atoms with Crippen LogP contribution in [0.3, 0.4) is 0 Å². The van der Waals surface area contributed by atoms with Gasteiger partial charge in [-0.05, 0) is 36.5 Å². The van der Waals surface area contributed by atoms with Crippen LogP contribution in [-0.2, 0) is 6.42 Å². The number of aryl methyl sites for hydroxylation is 1. The van der Waals surface area contributed by atoms with Crippen LogP contribution in [0.2, 0.25) is 0 Å². The van der Waals surface area contributed by atoms with E-state index in [0.717, 1.165) is 40.0 Å². The molecule has 1 heterocycles. The van der Waals surface area contributed by atoms with Crippen LogP contribution in [0, 0.1) is 5.92 Å². The minimum Gasteiger partial charge on any atom is -0.496 e. The highest BCUT2D eigenvalue weighted by Gasteiger charge is 2.18. The summed E-state index contributed by atoms with van der Waals surface area (Å²) >= 11 is 0. The van der Waals surface area contributed by atoms with Crippen LogP contribution in [0.25, 0.3) is 21.9 Å². The Hall–Kier alpha value is -1.96. The quantitative estimate of drug-likeness (QED) is 0.580. The van der Waals surface area contributed by atoms with E-state index in [2.05, 4.69) is 24.3 Å². The van der Waals surface area contributed by atoms with E-state index in [-0.39, 0.29) is 0 Å². The molecule has 1 fully saturated rings. The van der Waals surface area contributed by atoms with Crippen molar-refractivity contribution in [3.63, 3.8) is 0 Å². The molecule has 0 radical (unpaired) electrons. The second-order valence-corrected chi connectivity index (χ2v) is 6.77. The van der Waals surface area contributed by atoms with E-state index in [4.69, 9.17) is 9.15 Å². The number of fused-ring (bicyclic) bond motifs is 3. The fourth-order valence-electron chi connectivity index (χ4n) is 4.09. The topological polar surface area (TPSA) is 22.4 Å². The Morgan fingerprint density at radius 1 is 1.00 bits per heavy atom. The molecule has 0 N–H and O–H groups in total. The molecule has 3 aromatic rings. The Kier molecular flexibility index (Phi) is 3.99. The van der Waals surface area contributed by atoms with Crippen molar-refractivity contribution in [2.45, 2.75) is 44.9 Å². The summed E-state index contributed by atoms with van der Waals surface area (Å²) in [5, 5.41) is 2.28. The zero-order valence-electron chi connectivity index (χ0n) is 13.8. The monoisotopic (exact) mass is 308 g/mol. The summed E-state index contributed by atoms with van der Waals surface area (Å²) in [5.74, 6) is 1.90. The number of rotatable bonds is 4. The van der Waals surface area contributed by atoms with Crippen LogP contribution in [-0.4, -0.2) is 7.11 Å². The summed E-state index contributed by atoms with van der Waals surface area (Å²) in [4.78, 5) is 0. The van der Waals surface area contributed by atoms with Gasteiger partial charge in [-0.2, -0.15) is 0 Å². The van der Waals surface area contributed by atoms with E-state index in [9.17, 15) is 0 Å². The third kappa shape index (κ3) is 2.71. The van der Waals surface area contributed by atoms with Crippen molar-refractivity contribution < 1.29 is 9.15 Å². The van der Waals surface area contributed by atoms with Crippen molar-refractivity contribution in [1.82, 2.24) is 0 Å². The molecule has 0 atom stereocenters. The molecule has 2 aromatic carbocycles. The molecule has 0 saturated heterocycles. The maximum Gasteiger partial charge on any atom is 0.139 e. The van der Waals surface area contributed by atoms with Crippen molar-refractivity contribution in [3.8, 4) is 5.75 Å². The van der Waals surface area contributed by atoms with Crippen LogP contribution < -0.4 is 4.74 Å². The Labute approximate surface area is 137 Å². The SMILES string of the molecule is COc1c(CCC2CCCCC2)ccc2oc3ccccc3c12. The van der Waals surface area contributed by atoms with Gasteiger partial charge in [0.15, 0.2) is 0 Å². The molecule has 1 saturated carbocycles.